The van der Waals surface area contributed by atoms with Crippen molar-refractivity contribution in [3.63, 3.8) is 0 Å². The van der Waals surface area contributed by atoms with Crippen LogP contribution in [0.25, 0.3) is 61.7 Å². The molecule has 6 heteroatoms. The van der Waals surface area contributed by atoms with E-state index in [1.165, 1.54) is 0 Å². The van der Waals surface area contributed by atoms with Gasteiger partial charge in [-0.2, -0.15) is 0 Å². The Kier molecular flexibility index (Phi) is 5.93. The molecule has 0 unspecified atom stereocenters. The molecule has 46 heavy (non-hydrogen) atoms. The number of benzene rings is 6. The fraction of sp³-hybridized carbons (Fsp3) is 0.0250. The van der Waals surface area contributed by atoms with E-state index in [9.17, 15) is 0 Å². The largest absolute Gasteiger partial charge is 0.449 e. The molecule has 9 rings (SSSR count). The number of para-hydroxylation sites is 3. The Morgan fingerprint density at radius 2 is 1.07 bits per heavy atom. The van der Waals surface area contributed by atoms with Crippen LogP contribution in [0.15, 0.2) is 140 Å². The molecule has 1 aliphatic heterocycles. The maximum absolute atomic E-state index is 6.58. The van der Waals surface area contributed by atoms with Crippen molar-refractivity contribution in [2.75, 3.05) is 0 Å². The Balaban J connectivity index is 1.28. The number of hydrogen-bond acceptors (Lipinski definition) is 5. The van der Waals surface area contributed by atoms with Crippen molar-refractivity contribution in [2.24, 2.45) is 0 Å². The summed E-state index contributed by atoms with van der Waals surface area (Å²) in [5, 5.41) is 2.21. The molecule has 0 fully saturated rings. The van der Waals surface area contributed by atoms with Gasteiger partial charge in [0.05, 0.1) is 5.52 Å². The number of fused-ring (bicyclic) bond motifs is 6. The van der Waals surface area contributed by atoms with Crippen LogP contribution < -0.4 is 9.47 Å². The van der Waals surface area contributed by atoms with Crippen LogP contribution in [-0.2, 0) is 0 Å². The third kappa shape index (κ3) is 4.31. The van der Waals surface area contributed by atoms with E-state index in [0.29, 0.717) is 40.5 Å². The lowest BCUT2D eigenvalue weighted by atomic mass is 10.1. The van der Waals surface area contributed by atoms with E-state index in [-0.39, 0.29) is 0 Å². The van der Waals surface area contributed by atoms with Crippen LogP contribution in [0.5, 0.6) is 23.0 Å². The zero-order valence-electron chi connectivity index (χ0n) is 24.9. The molecule has 0 amide bonds. The highest BCUT2D eigenvalue weighted by Gasteiger charge is 2.26. The second kappa shape index (κ2) is 10.4. The third-order valence-corrected chi connectivity index (χ3v) is 8.31. The molecule has 0 saturated carbocycles. The maximum atomic E-state index is 6.58. The van der Waals surface area contributed by atoms with Crippen LogP contribution >= 0.6 is 0 Å². The quantitative estimate of drug-likeness (QED) is 0.203. The third-order valence-electron chi connectivity index (χ3n) is 8.31. The van der Waals surface area contributed by atoms with Crippen molar-refractivity contribution in [3.8, 4) is 62.8 Å². The van der Waals surface area contributed by atoms with E-state index >= 15 is 0 Å². The number of hydrogen-bond donors (Lipinski definition) is 0. The fourth-order valence-electron chi connectivity index (χ4n) is 6.26. The lowest BCUT2D eigenvalue weighted by Gasteiger charge is -2.22. The highest BCUT2D eigenvalue weighted by Crippen LogP contribution is 2.50. The van der Waals surface area contributed by atoms with Gasteiger partial charge in [0.15, 0.2) is 40.5 Å². The van der Waals surface area contributed by atoms with Crippen LogP contribution in [0.1, 0.15) is 5.56 Å². The van der Waals surface area contributed by atoms with Crippen molar-refractivity contribution >= 4 is 21.8 Å². The van der Waals surface area contributed by atoms with Gasteiger partial charge in [-0.3, -0.25) is 0 Å². The molecule has 6 nitrogen and oxygen atoms in total. The molecule has 0 radical (unpaired) electrons. The predicted octanol–water partition coefficient (Wildman–Crippen LogP) is 10.2. The van der Waals surface area contributed by atoms with E-state index in [1.807, 2.05) is 91.0 Å². The Bertz CT molecular complexity index is 2380. The first-order valence-corrected chi connectivity index (χ1v) is 15.2. The Hall–Kier alpha value is -6.27. The molecule has 0 aliphatic carbocycles. The number of nitrogens with zero attached hydrogens (tertiary/aromatic N) is 4. The molecule has 218 valence electrons. The molecular weight excluding hydrogens is 568 g/mol. The minimum absolute atomic E-state index is 0.606. The van der Waals surface area contributed by atoms with Crippen molar-refractivity contribution in [1.29, 1.82) is 0 Å². The Labute approximate surface area is 265 Å². The molecule has 1 aliphatic rings. The first kappa shape index (κ1) is 26.2. The van der Waals surface area contributed by atoms with E-state index in [0.717, 1.165) is 49.7 Å². The minimum atomic E-state index is 0.606. The first-order chi connectivity index (χ1) is 22.7. The van der Waals surface area contributed by atoms with E-state index in [4.69, 9.17) is 24.4 Å². The summed E-state index contributed by atoms with van der Waals surface area (Å²) < 4.78 is 15.2. The number of aromatic nitrogens is 4. The predicted molar refractivity (Wildman–Crippen MR) is 182 cm³/mol. The molecule has 6 aromatic carbocycles. The summed E-state index contributed by atoms with van der Waals surface area (Å²) in [7, 11) is 0. The molecule has 0 N–H and O–H groups in total. The molecule has 0 atom stereocenters. The van der Waals surface area contributed by atoms with Crippen LogP contribution in [0.2, 0.25) is 0 Å². The van der Waals surface area contributed by atoms with Gasteiger partial charge in [0.2, 0.25) is 0 Å². The van der Waals surface area contributed by atoms with Crippen molar-refractivity contribution < 1.29 is 9.47 Å². The Morgan fingerprint density at radius 3 is 1.76 bits per heavy atom. The van der Waals surface area contributed by atoms with Gasteiger partial charge < -0.3 is 14.0 Å². The number of aryl methyl sites for hydroxylation is 1. The minimum Gasteiger partial charge on any atom is -0.449 e. The van der Waals surface area contributed by atoms with Gasteiger partial charge in [-0.15, -0.1) is 0 Å². The average Bonchev–Trinajstić information content (AvgIpc) is 3.46. The monoisotopic (exact) mass is 594 g/mol. The zero-order valence-corrected chi connectivity index (χ0v) is 24.9. The summed E-state index contributed by atoms with van der Waals surface area (Å²) in [6, 6.07) is 46.8. The van der Waals surface area contributed by atoms with Crippen LogP contribution in [0, 0.1) is 6.92 Å². The molecular formula is C40H26N4O2. The molecule has 0 bridgehead atoms. The summed E-state index contributed by atoms with van der Waals surface area (Å²) in [4.78, 5) is 14.9. The lowest BCUT2D eigenvalue weighted by Crippen LogP contribution is -2.03. The van der Waals surface area contributed by atoms with Gasteiger partial charge in [-0.25, -0.2) is 15.0 Å². The highest BCUT2D eigenvalue weighted by molar-refractivity contribution is 6.12. The second-order valence-corrected chi connectivity index (χ2v) is 11.4. The average molecular weight is 595 g/mol. The van der Waals surface area contributed by atoms with Crippen LogP contribution in [-0.4, -0.2) is 19.5 Å². The van der Waals surface area contributed by atoms with Gasteiger partial charge in [-0.05, 0) is 61.0 Å². The fourth-order valence-corrected chi connectivity index (χ4v) is 6.26. The van der Waals surface area contributed by atoms with Crippen LogP contribution in [0.4, 0.5) is 0 Å². The molecule has 3 heterocycles. The Morgan fingerprint density at radius 1 is 0.478 bits per heavy atom. The summed E-state index contributed by atoms with van der Waals surface area (Å²) in [5.74, 6) is 4.62. The molecule has 8 aromatic rings. The van der Waals surface area contributed by atoms with Gasteiger partial charge >= 0.3 is 0 Å². The van der Waals surface area contributed by atoms with Gasteiger partial charge in [-0.1, -0.05) is 91.0 Å². The summed E-state index contributed by atoms with van der Waals surface area (Å²) in [5.41, 5.74) is 6.81. The standard InChI is InChI=1S/C40H26N4O2/c1-25-22-28(40-42-38(26-12-4-2-5-13-26)41-39(43-40)27-14-6-3-7-15-27)24-29(23-25)44-32-17-9-8-16-30(32)31-20-21-35-37(36(31)44)46-34-19-11-10-18-33(34)45-35/h2-24H,1H3. The molecule has 0 saturated heterocycles. The summed E-state index contributed by atoms with van der Waals surface area (Å²) >= 11 is 0. The number of ether oxygens (including phenoxy) is 2. The van der Waals surface area contributed by atoms with Crippen LogP contribution in [0.3, 0.4) is 0 Å². The maximum Gasteiger partial charge on any atom is 0.194 e. The van der Waals surface area contributed by atoms with Crippen molar-refractivity contribution in [3.05, 3.63) is 145 Å². The van der Waals surface area contributed by atoms with Gasteiger partial charge in [0.1, 0.15) is 5.52 Å². The van der Waals surface area contributed by atoms with E-state index in [1.54, 1.807) is 0 Å². The topological polar surface area (TPSA) is 62.1 Å². The van der Waals surface area contributed by atoms with E-state index in [2.05, 4.69) is 60.0 Å². The summed E-state index contributed by atoms with van der Waals surface area (Å²) in [6.07, 6.45) is 0. The smallest absolute Gasteiger partial charge is 0.194 e. The SMILES string of the molecule is Cc1cc(-c2nc(-c3ccccc3)nc(-c3ccccc3)n2)cc(-n2c3ccccc3c3ccc4c(c32)Oc2ccccc2O4)c1. The van der Waals surface area contributed by atoms with Crippen molar-refractivity contribution in [1.82, 2.24) is 19.5 Å². The summed E-state index contributed by atoms with van der Waals surface area (Å²) in [6.45, 7) is 2.10. The van der Waals surface area contributed by atoms with Crippen molar-refractivity contribution in [2.45, 2.75) is 6.92 Å². The normalized spacial score (nSPS) is 11.9. The van der Waals surface area contributed by atoms with Gasteiger partial charge in [0, 0.05) is 33.2 Å². The van der Waals surface area contributed by atoms with E-state index < -0.39 is 0 Å². The molecule has 2 aromatic heterocycles. The lowest BCUT2D eigenvalue weighted by molar-refractivity contribution is 0.362. The molecule has 0 spiro atoms. The first-order valence-electron chi connectivity index (χ1n) is 15.2. The second-order valence-electron chi connectivity index (χ2n) is 11.4. The highest BCUT2D eigenvalue weighted by atomic mass is 16.6. The zero-order chi connectivity index (χ0) is 30.6. The number of rotatable bonds is 4. The van der Waals surface area contributed by atoms with Gasteiger partial charge in [0.25, 0.3) is 0 Å².